The number of rotatable bonds is 1. The number of cyclic esters (lactones) is 1. The fraction of sp³-hybridized carbons (Fsp3) is 0.833. The number of nitrogens with one attached hydrogen (secondary N) is 1. The van der Waals surface area contributed by atoms with Gasteiger partial charge in [0.25, 0.3) is 0 Å². The van der Waals surface area contributed by atoms with Gasteiger partial charge in [-0.05, 0) is 6.92 Å². The van der Waals surface area contributed by atoms with Crippen molar-refractivity contribution in [3.8, 4) is 0 Å². The van der Waals surface area contributed by atoms with Crippen molar-refractivity contribution in [2.45, 2.75) is 19.4 Å². The van der Waals surface area contributed by atoms with E-state index in [1.54, 1.807) is 7.05 Å². The van der Waals surface area contributed by atoms with E-state index in [-0.39, 0.29) is 12.1 Å². The zero-order chi connectivity index (χ0) is 7.56. The maximum atomic E-state index is 10.9. The Labute approximate surface area is 60.1 Å². The SMILES string of the molecule is CNN1C(=O)OCCC1C. The van der Waals surface area contributed by atoms with E-state index in [4.69, 9.17) is 4.74 Å². The second-order valence-corrected chi connectivity index (χ2v) is 2.35. The maximum absolute atomic E-state index is 10.9. The van der Waals surface area contributed by atoms with E-state index in [0.717, 1.165) is 6.42 Å². The lowest BCUT2D eigenvalue weighted by Gasteiger charge is -2.31. The number of nitrogens with zero attached hydrogens (tertiary/aromatic N) is 1. The van der Waals surface area contributed by atoms with Crippen LogP contribution in [-0.4, -0.2) is 30.8 Å². The molecule has 0 aromatic carbocycles. The molecule has 10 heavy (non-hydrogen) atoms. The molecule has 0 bridgehead atoms. The van der Waals surface area contributed by atoms with Crippen LogP contribution in [0.4, 0.5) is 4.79 Å². The third kappa shape index (κ3) is 1.21. The summed E-state index contributed by atoms with van der Waals surface area (Å²) in [4.78, 5) is 10.9. The molecule has 1 aliphatic heterocycles. The van der Waals surface area contributed by atoms with Crippen LogP contribution < -0.4 is 5.43 Å². The summed E-state index contributed by atoms with van der Waals surface area (Å²) < 4.78 is 4.78. The van der Waals surface area contributed by atoms with Crippen LogP contribution in [0, 0.1) is 0 Å². The first-order chi connectivity index (χ1) is 4.75. The van der Waals surface area contributed by atoms with Crippen molar-refractivity contribution >= 4 is 6.09 Å². The summed E-state index contributed by atoms with van der Waals surface area (Å²) in [5, 5.41) is 1.49. The van der Waals surface area contributed by atoms with Gasteiger partial charge in [0.05, 0.1) is 12.6 Å². The number of hydrogen-bond acceptors (Lipinski definition) is 3. The smallest absolute Gasteiger partial charge is 0.424 e. The molecular weight excluding hydrogens is 132 g/mol. The highest BCUT2D eigenvalue weighted by Gasteiger charge is 2.24. The van der Waals surface area contributed by atoms with Crippen LogP contribution in [0.2, 0.25) is 0 Å². The minimum absolute atomic E-state index is 0.242. The number of carbonyl (C=O) groups excluding carboxylic acids is 1. The molecule has 1 rings (SSSR count). The second-order valence-electron chi connectivity index (χ2n) is 2.35. The molecule has 1 saturated heterocycles. The Balaban J connectivity index is 2.53. The fourth-order valence-electron chi connectivity index (χ4n) is 1.01. The average Bonchev–Trinajstić information content (AvgIpc) is 1.88. The van der Waals surface area contributed by atoms with E-state index >= 15 is 0 Å². The molecule has 0 spiro atoms. The van der Waals surface area contributed by atoms with E-state index in [9.17, 15) is 4.79 Å². The Morgan fingerprint density at radius 1 is 1.80 bits per heavy atom. The summed E-state index contributed by atoms with van der Waals surface area (Å²) in [5.74, 6) is 0. The Morgan fingerprint density at radius 2 is 2.50 bits per heavy atom. The van der Waals surface area contributed by atoms with Crippen molar-refractivity contribution in [2.75, 3.05) is 13.7 Å². The van der Waals surface area contributed by atoms with Crippen LogP contribution >= 0.6 is 0 Å². The van der Waals surface area contributed by atoms with Crippen molar-refractivity contribution in [3.63, 3.8) is 0 Å². The van der Waals surface area contributed by atoms with Gasteiger partial charge in [0, 0.05) is 13.5 Å². The molecule has 0 aliphatic carbocycles. The monoisotopic (exact) mass is 144 g/mol. The van der Waals surface area contributed by atoms with Crippen molar-refractivity contribution in [3.05, 3.63) is 0 Å². The van der Waals surface area contributed by atoms with Gasteiger partial charge in [0.2, 0.25) is 0 Å². The molecule has 1 amide bonds. The van der Waals surface area contributed by atoms with Crippen molar-refractivity contribution in [1.82, 2.24) is 10.4 Å². The lowest BCUT2D eigenvalue weighted by atomic mass is 10.2. The van der Waals surface area contributed by atoms with E-state index in [0.29, 0.717) is 6.61 Å². The summed E-state index contributed by atoms with van der Waals surface area (Å²) in [5.41, 5.74) is 2.76. The number of ether oxygens (including phenoxy) is 1. The Hall–Kier alpha value is -0.770. The van der Waals surface area contributed by atoms with Gasteiger partial charge >= 0.3 is 6.09 Å². The first kappa shape index (κ1) is 7.34. The van der Waals surface area contributed by atoms with Crippen LogP contribution in [0.5, 0.6) is 0 Å². The van der Waals surface area contributed by atoms with Gasteiger partial charge in [-0.1, -0.05) is 0 Å². The molecule has 1 unspecified atom stereocenters. The lowest BCUT2D eigenvalue weighted by Crippen LogP contribution is -2.50. The van der Waals surface area contributed by atoms with Crippen LogP contribution in [-0.2, 0) is 4.74 Å². The third-order valence-electron chi connectivity index (χ3n) is 1.64. The number of amides is 1. The Bertz CT molecular complexity index is 138. The summed E-state index contributed by atoms with van der Waals surface area (Å²) in [6, 6.07) is 0.242. The van der Waals surface area contributed by atoms with Crippen molar-refractivity contribution in [2.24, 2.45) is 0 Å². The predicted molar refractivity (Wildman–Crippen MR) is 36.3 cm³/mol. The Kier molecular flexibility index (Phi) is 2.11. The minimum Gasteiger partial charge on any atom is -0.448 e. The first-order valence-electron chi connectivity index (χ1n) is 3.39. The van der Waals surface area contributed by atoms with Crippen molar-refractivity contribution in [1.29, 1.82) is 0 Å². The number of hydrogen-bond donors (Lipinski definition) is 1. The summed E-state index contributed by atoms with van der Waals surface area (Å²) in [7, 11) is 1.71. The van der Waals surface area contributed by atoms with E-state index in [2.05, 4.69) is 5.43 Å². The topological polar surface area (TPSA) is 41.6 Å². The first-order valence-corrected chi connectivity index (χ1v) is 3.39. The molecule has 1 N–H and O–H groups in total. The van der Waals surface area contributed by atoms with Gasteiger partial charge in [0.15, 0.2) is 0 Å². The minimum atomic E-state index is -0.277. The highest BCUT2D eigenvalue weighted by atomic mass is 16.6. The summed E-state index contributed by atoms with van der Waals surface area (Å²) in [6.07, 6.45) is 0.619. The molecule has 1 aliphatic rings. The number of hydrazine groups is 1. The number of carbonyl (C=O) groups is 1. The summed E-state index contributed by atoms with van der Waals surface area (Å²) in [6.45, 7) is 2.52. The molecule has 1 heterocycles. The Morgan fingerprint density at radius 3 is 2.90 bits per heavy atom. The maximum Gasteiger partial charge on any atom is 0.424 e. The lowest BCUT2D eigenvalue weighted by molar-refractivity contribution is 0.0295. The van der Waals surface area contributed by atoms with E-state index in [1.807, 2.05) is 6.92 Å². The quantitative estimate of drug-likeness (QED) is 0.577. The molecule has 0 radical (unpaired) electrons. The molecule has 0 aromatic rings. The summed E-state index contributed by atoms with van der Waals surface area (Å²) >= 11 is 0. The fourth-order valence-corrected chi connectivity index (χ4v) is 1.01. The van der Waals surface area contributed by atoms with Gasteiger partial charge in [-0.2, -0.15) is 0 Å². The second kappa shape index (κ2) is 2.88. The molecule has 58 valence electrons. The van der Waals surface area contributed by atoms with Crippen LogP contribution in [0.1, 0.15) is 13.3 Å². The van der Waals surface area contributed by atoms with Gasteiger partial charge in [0.1, 0.15) is 0 Å². The zero-order valence-electron chi connectivity index (χ0n) is 6.26. The highest BCUT2D eigenvalue weighted by Crippen LogP contribution is 2.08. The molecule has 1 atom stereocenters. The van der Waals surface area contributed by atoms with E-state index < -0.39 is 0 Å². The van der Waals surface area contributed by atoms with Gasteiger partial charge in [-0.3, -0.25) is 0 Å². The predicted octanol–water partition coefficient (Wildman–Crippen LogP) is 0.352. The van der Waals surface area contributed by atoms with Crippen LogP contribution in [0.15, 0.2) is 0 Å². The largest absolute Gasteiger partial charge is 0.448 e. The molecular formula is C6H12N2O2. The van der Waals surface area contributed by atoms with Gasteiger partial charge in [-0.25, -0.2) is 15.2 Å². The molecule has 4 nitrogen and oxygen atoms in total. The zero-order valence-corrected chi connectivity index (χ0v) is 6.26. The van der Waals surface area contributed by atoms with Gasteiger partial charge < -0.3 is 4.74 Å². The van der Waals surface area contributed by atoms with Crippen molar-refractivity contribution < 1.29 is 9.53 Å². The van der Waals surface area contributed by atoms with Gasteiger partial charge in [-0.15, -0.1) is 0 Å². The highest BCUT2D eigenvalue weighted by molar-refractivity contribution is 5.67. The average molecular weight is 144 g/mol. The normalized spacial score (nSPS) is 26.4. The molecule has 1 fully saturated rings. The third-order valence-corrected chi connectivity index (χ3v) is 1.64. The standard InChI is InChI=1S/C6H12N2O2/c1-5-3-4-10-6(9)8(5)7-2/h5,7H,3-4H2,1-2H3. The molecule has 0 aromatic heterocycles. The van der Waals surface area contributed by atoms with E-state index in [1.165, 1.54) is 5.01 Å². The molecule has 0 saturated carbocycles. The molecule has 4 heteroatoms. The van der Waals surface area contributed by atoms with Crippen LogP contribution in [0.3, 0.4) is 0 Å². The van der Waals surface area contributed by atoms with Crippen LogP contribution in [0.25, 0.3) is 0 Å².